The summed E-state index contributed by atoms with van der Waals surface area (Å²) in [5.41, 5.74) is -0.0347. The minimum absolute atomic E-state index is 0.0154. The number of hydrogen-bond donors (Lipinski definition) is 1. The van der Waals surface area contributed by atoms with Crippen LogP contribution >= 0.6 is 11.8 Å². The summed E-state index contributed by atoms with van der Waals surface area (Å²) in [4.78, 5) is 20.4. The van der Waals surface area contributed by atoms with E-state index in [4.69, 9.17) is 14.3 Å². The fraction of sp³-hybridized carbons (Fsp3) is 0.182. The van der Waals surface area contributed by atoms with Crippen molar-refractivity contribution < 1.29 is 24.0 Å². The molecule has 10 heteroatoms. The molecule has 1 heterocycles. The number of carboxylic acids is 1. The zero-order valence-corrected chi connectivity index (χ0v) is 11.3. The van der Waals surface area contributed by atoms with Gasteiger partial charge < -0.3 is 14.3 Å². The molecule has 0 aliphatic rings. The molecule has 0 saturated heterocycles. The van der Waals surface area contributed by atoms with E-state index in [1.807, 2.05) is 0 Å². The molecule has 1 aromatic carbocycles. The summed E-state index contributed by atoms with van der Waals surface area (Å²) in [5.74, 6) is -0.563. The normalized spacial score (nSPS) is 10.3. The van der Waals surface area contributed by atoms with Gasteiger partial charge in [-0.3, -0.25) is 14.9 Å². The number of hydrogen-bond acceptors (Lipinski definition) is 8. The van der Waals surface area contributed by atoms with Crippen molar-refractivity contribution in [3.05, 3.63) is 40.3 Å². The van der Waals surface area contributed by atoms with Crippen LogP contribution in [-0.4, -0.2) is 31.9 Å². The number of aliphatic carboxylic acids is 1. The smallest absolute Gasteiger partial charge is 0.314 e. The Labute approximate surface area is 122 Å². The van der Waals surface area contributed by atoms with E-state index >= 15 is 0 Å². The van der Waals surface area contributed by atoms with E-state index < -0.39 is 10.9 Å². The van der Waals surface area contributed by atoms with Crippen LogP contribution in [0.3, 0.4) is 0 Å². The minimum atomic E-state index is -0.984. The Bertz CT molecular complexity index is 642. The van der Waals surface area contributed by atoms with Gasteiger partial charge in [-0.15, -0.1) is 10.2 Å². The van der Waals surface area contributed by atoms with Gasteiger partial charge in [0.1, 0.15) is 11.5 Å². The quantitative estimate of drug-likeness (QED) is 0.461. The number of nitro groups is 1. The van der Waals surface area contributed by atoms with Crippen LogP contribution in [0.4, 0.5) is 5.69 Å². The van der Waals surface area contributed by atoms with Gasteiger partial charge in [-0.25, -0.2) is 0 Å². The van der Waals surface area contributed by atoms with E-state index in [1.165, 1.54) is 24.3 Å². The lowest BCUT2D eigenvalue weighted by atomic mass is 10.3. The number of ether oxygens (including phenoxy) is 1. The first-order valence-electron chi connectivity index (χ1n) is 5.59. The van der Waals surface area contributed by atoms with Gasteiger partial charge >= 0.3 is 5.97 Å². The molecule has 0 radical (unpaired) electrons. The van der Waals surface area contributed by atoms with Gasteiger partial charge in [-0.2, -0.15) is 0 Å². The number of benzene rings is 1. The lowest BCUT2D eigenvalue weighted by molar-refractivity contribution is -0.384. The van der Waals surface area contributed by atoms with Crippen LogP contribution in [0.5, 0.6) is 5.75 Å². The number of nitro benzene ring substituents is 1. The minimum Gasteiger partial charge on any atom is -0.484 e. The van der Waals surface area contributed by atoms with Crippen LogP contribution in [0, 0.1) is 10.1 Å². The van der Waals surface area contributed by atoms with E-state index in [0.29, 0.717) is 5.75 Å². The third-order valence-corrected chi connectivity index (χ3v) is 2.98. The first kappa shape index (κ1) is 14.8. The van der Waals surface area contributed by atoms with Crippen molar-refractivity contribution >= 4 is 23.4 Å². The van der Waals surface area contributed by atoms with Gasteiger partial charge in [-0.1, -0.05) is 11.8 Å². The summed E-state index contributed by atoms with van der Waals surface area (Å²) >= 11 is 0.906. The molecular formula is C11H9N3O6S. The zero-order valence-electron chi connectivity index (χ0n) is 10.5. The molecule has 110 valence electrons. The zero-order chi connectivity index (χ0) is 15.2. The molecular weight excluding hydrogens is 302 g/mol. The maximum Gasteiger partial charge on any atom is 0.314 e. The summed E-state index contributed by atoms with van der Waals surface area (Å²) in [7, 11) is 0. The van der Waals surface area contributed by atoms with Gasteiger partial charge in [0.2, 0.25) is 0 Å². The topological polar surface area (TPSA) is 129 Å². The summed E-state index contributed by atoms with van der Waals surface area (Å²) in [6, 6.07) is 5.54. The lowest BCUT2D eigenvalue weighted by Gasteiger charge is -2.02. The van der Waals surface area contributed by atoms with Crippen molar-refractivity contribution in [1.29, 1.82) is 0 Å². The Morgan fingerprint density at radius 3 is 2.71 bits per heavy atom. The highest BCUT2D eigenvalue weighted by Gasteiger charge is 2.10. The largest absolute Gasteiger partial charge is 0.484 e. The third kappa shape index (κ3) is 4.45. The SMILES string of the molecule is O=C(O)CSc1nnc(COc2ccc([N+](=O)[O-])cc2)o1. The van der Waals surface area contributed by atoms with Gasteiger partial charge in [0.15, 0.2) is 6.61 Å². The number of rotatable bonds is 7. The van der Waals surface area contributed by atoms with Crippen molar-refractivity contribution in [3.63, 3.8) is 0 Å². The second-order valence-corrected chi connectivity index (χ2v) is 4.61. The van der Waals surface area contributed by atoms with Crippen molar-refractivity contribution in [2.24, 2.45) is 0 Å². The average molecular weight is 311 g/mol. The van der Waals surface area contributed by atoms with Crippen LogP contribution in [-0.2, 0) is 11.4 Å². The lowest BCUT2D eigenvalue weighted by Crippen LogP contribution is -1.97. The Kier molecular flexibility index (Phi) is 4.72. The molecule has 0 bridgehead atoms. The number of nitrogens with zero attached hydrogens (tertiary/aromatic N) is 3. The summed E-state index contributed by atoms with van der Waals surface area (Å²) in [6.45, 7) is -0.0154. The number of carbonyl (C=O) groups is 1. The highest BCUT2D eigenvalue weighted by molar-refractivity contribution is 7.99. The fourth-order valence-corrected chi connectivity index (χ4v) is 1.79. The first-order valence-corrected chi connectivity index (χ1v) is 6.57. The predicted octanol–water partition coefficient (Wildman–Crippen LogP) is 1.73. The monoisotopic (exact) mass is 311 g/mol. The van der Waals surface area contributed by atoms with Crippen LogP contribution in [0.15, 0.2) is 33.9 Å². The van der Waals surface area contributed by atoms with Crippen LogP contribution in [0.25, 0.3) is 0 Å². The van der Waals surface area contributed by atoms with E-state index in [0.717, 1.165) is 11.8 Å². The highest BCUT2D eigenvalue weighted by Crippen LogP contribution is 2.19. The molecule has 0 aliphatic carbocycles. The van der Waals surface area contributed by atoms with Crippen molar-refractivity contribution in [3.8, 4) is 5.75 Å². The molecule has 0 fully saturated rings. The van der Waals surface area contributed by atoms with Crippen molar-refractivity contribution in [1.82, 2.24) is 10.2 Å². The standard InChI is InChI=1S/C11H9N3O6S/c15-10(16)6-21-11-13-12-9(20-11)5-19-8-3-1-7(2-4-8)14(17)18/h1-4H,5-6H2,(H,15,16). The summed E-state index contributed by atoms with van der Waals surface area (Å²) in [5, 5.41) is 26.5. The van der Waals surface area contributed by atoms with E-state index in [9.17, 15) is 14.9 Å². The Morgan fingerprint density at radius 1 is 1.38 bits per heavy atom. The van der Waals surface area contributed by atoms with Gasteiger partial charge in [-0.05, 0) is 12.1 Å². The fourth-order valence-electron chi connectivity index (χ4n) is 1.29. The molecule has 0 spiro atoms. The van der Waals surface area contributed by atoms with Crippen LogP contribution < -0.4 is 4.74 Å². The first-order chi connectivity index (χ1) is 10.0. The molecule has 0 aliphatic heterocycles. The van der Waals surface area contributed by atoms with Crippen molar-refractivity contribution in [2.75, 3.05) is 5.75 Å². The Balaban J connectivity index is 1.88. The average Bonchev–Trinajstić information content (AvgIpc) is 2.91. The van der Waals surface area contributed by atoms with Crippen LogP contribution in [0.2, 0.25) is 0 Å². The molecule has 9 nitrogen and oxygen atoms in total. The second-order valence-electron chi connectivity index (χ2n) is 3.68. The Hall–Kier alpha value is -2.62. The van der Waals surface area contributed by atoms with Crippen LogP contribution in [0.1, 0.15) is 5.89 Å². The molecule has 1 aromatic heterocycles. The van der Waals surface area contributed by atoms with Crippen molar-refractivity contribution in [2.45, 2.75) is 11.8 Å². The third-order valence-electron chi connectivity index (χ3n) is 2.18. The Morgan fingerprint density at radius 2 is 2.10 bits per heavy atom. The summed E-state index contributed by atoms with van der Waals surface area (Å²) in [6.07, 6.45) is 0. The molecule has 0 unspecified atom stereocenters. The number of thioether (sulfide) groups is 1. The van der Waals surface area contributed by atoms with E-state index in [-0.39, 0.29) is 29.2 Å². The van der Waals surface area contributed by atoms with Gasteiger partial charge in [0.05, 0.1) is 4.92 Å². The van der Waals surface area contributed by atoms with Gasteiger partial charge in [0, 0.05) is 12.1 Å². The predicted molar refractivity (Wildman–Crippen MR) is 70.1 cm³/mol. The highest BCUT2D eigenvalue weighted by atomic mass is 32.2. The van der Waals surface area contributed by atoms with E-state index in [2.05, 4.69) is 10.2 Å². The van der Waals surface area contributed by atoms with E-state index in [1.54, 1.807) is 0 Å². The molecule has 0 saturated carbocycles. The molecule has 2 aromatic rings. The second kappa shape index (κ2) is 6.70. The molecule has 21 heavy (non-hydrogen) atoms. The maximum atomic E-state index is 10.5. The molecule has 1 N–H and O–H groups in total. The number of aromatic nitrogens is 2. The summed E-state index contributed by atoms with van der Waals surface area (Å²) < 4.78 is 10.5. The maximum absolute atomic E-state index is 10.5. The van der Waals surface area contributed by atoms with Gasteiger partial charge in [0.25, 0.3) is 16.8 Å². The number of non-ortho nitro benzene ring substituents is 1. The molecule has 2 rings (SSSR count). The number of carboxylic acid groups (broad SMARTS) is 1. The molecule has 0 amide bonds. The molecule has 0 atom stereocenters.